The van der Waals surface area contributed by atoms with Crippen molar-refractivity contribution in [2.24, 2.45) is 0 Å². The first-order valence-electron chi connectivity index (χ1n) is 3.39. The Morgan fingerprint density at radius 1 is 1.67 bits per heavy atom. The second kappa shape index (κ2) is 3.82. The Morgan fingerprint density at radius 2 is 2.42 bits per heavy atom. The van der Waals surface area contributed by atoms with E-state index in [0.717, 1.165) is 4.68 Å². The maximum atomic E-state index is 11.0. The first-order chi connectivity index (χ1) is 5.75. The molecule has 0 unspecified atom stereocenters. The number of nitrogens with one attached hydrogen (secondary N) is 1. The van der Waals surface area contributed by atoms with Gasteiger partial charge in [0.15, 0.2) is 0 Å². The summed E-state index contributed by atoms with van der Waals surface area (Å²) < 4.78 is 5.79. The smallest absolute Gasteiger partial charge is 0.332 e. The molecule has 6 heteroatoms. The topological polar surface area (TPSA) is 77.0 Å². The zero-order valence-electron chi connectivity index (χ0n) is 6.61. The second-order valence-corrected chi connectivity index (χ2v) is 2.14. The third-order valence-corrected chi connectivity index (χ3v) is 1.33. The monoisotopic (exact) mass is 171 g/mol. The third kappa shape index (κ3) is 1.79. The number of hydrogen-bond donors (Lipinski definition) is 1. The molecule has 1 rings (SSSR count). The molecule has 12 heavy (non-hydrogen) atoms. The van der Waals surface area contributed by atoms with Gasteiger partial charge in [0, 0.05) is 7.11 Å². The number of aromatic nitrogens is 3. The number of ether oxygens (including phenoxy) is 1. The van der Waals surface area contributed by atoms with Crippen LogP contribution in [0.4, 0.5) is 0 Å². The highest BCUT2D eigenvalue weighted by Gasteiger charge is 1.98. The molecule has 0 atom stereocenters. The quantitative estimate of drug-likeness (QED) is 0.566. The minimum atomic E-state index is -0.666. The van der Waals surface area contributed by atoms with E-state index in [9.17, 15) is 9.59 Å². The van der Waals surface area contributed by atoms with Crippen molar-refractivity contribution in [3.8, 4) is 0 Å². The van der Waals surface area contributed by atoms with Crippen LogP contribution < -0.4 is 11.1 Å². The SMILES string of the molecule is COCCn1nc[nH]c(=O)c1=O. The first kappa shape index (κ1) is 8.66. The molecule has 1 heterocycles. The van der Waals surface area contributed by atoms with Crippen molar-refractivity contribution in [3.63, 3.8) is 0 Å². The fourth-order valence-corrected chi connectivity index (χ4v) is 0.726. The Balaban J connectivity index is 2.93. The van der Waals surface area contributed by atoms with Crippen LogP contribution in [0.3, 0.4) is 0 Å². The van der Waals surface area contributed by atoms with Crippen LogP contribution in [-0.4, -0.2) is 28.5 Å². The van der Waals surface area contributed by atoms with Gasteiger partial charge in [-0.3, -0.25) is 9.59 Å². The molecule has 0 spiro atoms. The van der Waals surface area contributed by atoms with Gasteiger partial charge in [-0.05, 0) is 0 Å². The highest BCUT2D eigenvalue weighted by atomic mass is 16.5. The van der Waals surface area contributed by atoms with E-state index in [-0.39, 0.29) is 0 Å². The number of methoxy groups -OCH3 is 1. The van der Waals surface area contributed by atoms with Crippen LogP contribution in [-0.2, 0) is 11.3 Å². The largest absolute Gasteiger partial charge is 0.383 e. The number of hydrogen-bond acceptors (Lipinski definition) is 4. The van der Waals surface area contributed by atoms with Gasteiger partial charge in [-0.1, -0.05) is 0 Å². The second-order valence-electron chi connectivity index (χ2n) is 2.14. The van der Waals surface area contributed by atoms with Gasteiger partial charge in [0.25, 0.3) is 0 Å². The molecule has 1 N–H and O–H groups in total. The molecule has 0 saturated heterocycles. The van der Waals surface area contributed by atoms with Gasteiger partial charge in [0.05, 0.1) is 13.2 Å². The van der Waals surface area contributed by atoms with Crippen LogP contribution >= 0.6 is 0 Å². The highest BCUT2D eigenvalue weighted by Crippen LogP contribution is 1.71. The third-order valence-electron chi connectivity index (χ3n) is 1.33. The molecular weight excluding hydrogens is 162 g/mol. The maximum Gasteiger partial charge on any atom is 0.332 e. The lowest BCUT2D eigenvalue weighted by atomic mass is 10.6. The van der Waals surface area contributed by atoms with E-state index in [1.54, 1.807) is 0 Å². The van der Waals surface area contributed by atoms with Crippen molar-refractivity contribution in [3.05, 3.63) is 27.0 Å². The number of rotatable bonds is 3. The van der Waals surface area contributed by atoms with E-state index in [0.29, 0.717) is 13.2 Å². The summed E-state index contributed by atoms with van der Waals surface area (Å²) >= 11 is 0. The van der Waals surface area contributed by atoms with Crippen molar-refractivity contribution >= 4 is 0 Å². The molecule has 1 aromatic heterocycles. The van der Waals surface area contributed by atoms with Crippen LogP contribution in [0.5, 0.6) is 0 Å². The fourth-order valence-electron chi connectivity index (χ4n) is 0.726. The maximum absolute atomic E-state index is 11.0. The van der Waals surface area contributed by atoms with Gasteiger partial charge in [-0.25, -0.2) is 4.68 Å². The summed E-state index contributed by atoms with van der Waals surface area (Å²) in [5.41, 5.74) is -1.32. The molecule has 1 aromatic rings. The van der Waals surface area contributed by atoms with Gasteiger partial charge >= 0.3 is 11.1 Å². The van der Waals surface area contributed by atoms with Crippen molar-refractivity contribution < 1.29 is 4.74 Å². The zero-order chi connectivity index (χ0) is 8.97. The molecule has 0 aliphatic heterocycles. The molecule has 0 saturated carbocycles. The van der Waals surface area contributed by atoms with Crippen LogP contribution in [0, 0.1) is 0 Å². The van der Waals surface area contributed by atoms with Crippen molar-refractivity contribution in [2.75, 3.05) is 13.7 Å². The van der Waals surface area contributed by atoms with Crippen molar-refractivity contribution in [1.82, 2.24) is 14.8 Å². The molecule has 0 aromatic carbocycles. The van der Waals surface area contributed by atoms with E-state index in [1.807, 2.05) is 0 Å². The van der Waals surface area contributed by atoms with Gasteiger partial charge in [-0.2, -0.15) is 5.10 Å². The molecule has 0 bridgehead atoms. The number of nitrogens with zero attached hydrogens (tertiary/aromatic N) is 2. The Labute approximate surface area is 67.8 Å². The molecule has 0 aliphatic rings. The van der Waals surface area contributed by atoms with E-state index >= 15 is 0 Å². The molecular formula is C6H9N3O3. The van der Waals surface area contributed by atoms with E-state index in [4.69, 9.17) is 4.74 Å². The summed E-state index contributed by atoms with van der Waals surface area (Å²) in [5, 5.41) is 3.65. The van der Waals surface area contributed by atoms with Gasteiger partial charge in [-0.15, -0.1) is 0 Å². The number of aromatic amines is 1. The zero-order valence-corrected chi connectivity index (χ0v) is 6.61. The van der Waals surface area contributed by atoms with Crippen LogP contribution in [0.2, 0.25) is 0 Å². The first-order valence-corrected chi connectivity index (χ1v) is 3.39. The predicted octanol–water partition coefficient (Wildman–Crippen LogP) is -1.42. The molecule has 0 radical (unpaired) electrons. The lowest BCUT2D eigenvalue weighted by Crippen LogP contribution is -2.38. The number of H-pyrrole nitrogens is 1. The summed E-state index contributed by atoms with van der Waals surface area (Å²) in [6.45, 7) is 0.648. The summed E-state index contributed by atoms with van der Waals surface area (Å²) in [4.78, 5) is 23.9. The molecule has 66 valence electrons. The Morgan fingerprint density at radius 3 is 3.08 bits per heavy atom. The summed E-state index contributed by atoms with van der Waals surface area (Å²) in [5.74, 6) is 0. The highest BCUT2D eigenvalue weighted by molar-refractivity contribution is 4.72. The summed E-state index contributed by atoms with van der Waals surface area (Å²) in [7, 11) is 1.51. The normalized spacial score (nSPS) is 10.1. The van der Waals surface area contributed by atoms with Crippen molar-refractivity contribution in [2.45, 2.75) is 6.54 Å². The van der Waals surface area contributed by atoms with E-state index in [1.165, 1.54) is 13.4 Å². The Hall–Kier alpha value is -1.43. The van der Waals surface area contributed by atoms with Crippen LogP contribution in [0.15, 0.2) is 15.9 Å². The fraction of sp³-hybridized carbons (Fsp3) is 0.500. The minimum Gasteiger partial charge on any atom is -0.383 e. The van der Waals surface area contributed by atoms with Crippen LogP contribution in [0.25, 0.3) is 0 Å². The van der Waals surface area contributed by atoms with Crippen molar-refractivity contribution in [1.29, 1.82) is 0 Å². The van der Waals surface area contributed by atoms with Crippen LogP contribution in [0.1, 0.15) is 0 Å². The van der Waals surface area contributed by atoms with Gasteiger partial charge in [0.1, 0.15) is 6.33 Å². The van der Waals surface area contributed by atoms with E-state index < -0.39 is 11.1 Å². The van der Waals surface area contributed by atoms with E-state index in [2.05, 4.69) is 10.1 Å². The minimum absolute atomic E-state index is 0.291. The Kier molecular flexibility index (Phi) is 2.76. The molecule has 6 nitrogen and oxygen atoms in total. The Bertz CT molecular complexity index is 354. The lowest BCUT2D eigenvalue weighted by Gasteiger charge is -1.99. The standard InChI is InChI=1S/C6H9N3O3/c1-12-3-2-9-6(11)5(10)7-4-8-9/h4H,2-3H2,1H3,(H,7,8,10). The summed E-state index contributed by atoms with van der Waals surface area (Å²) in [6, 6.07) is 0. The molecule has 0 amide bonds. The predicted molar refractivity (Wildman–Crippen MR) is 41.0 cm³/mol. The average molecular weight is 171 g/mol. The lowest BCUT2D eigenvalue weighted by molar-refractivity contribution is 0.181. The summed E-state index contributed by atoms with van der Waals surface area (Å²) in [6.07, 6.45) is 1.18. The van der Waals surface area contributed by atoms with Gasteiger partial charge in [0.2, 0.25) is 0 Å². The molecule has 0 aliphatic carbocycles. The van der Waals surface area contributed by atoms with Gasteiger partial charge < -0.3 is 9.72 Å². The average Bonchev–Trinajstić information content (AvgIpc) is 2.08. The molecule has 0 fully saturated rings.